The Labute approximate surface area is 121 Å². The number of halogens is 3. The van der Waals surface area contributed by atoms with E-state index >= 15 is 0 Å². The Morgan fingerprint density at radius 1 is 1.41 bits per heavy atom. The van der Waals surface area contributed by atoms with Gasteiger partial charge in [0, 0.05) is 12.6 Å². The molecule has 1 aliphatic carbocycles. The first kappa shape index (κ1) is 14.4. The van der Waals surface area contributed by atoms with Crippen molar-refractivity contribution in [3.63, 3.8) is 0 Å². The summed E-state index contributed by atoms with van der Waals surface area (Å²) in [5.74, 6) is -1.75. The third-order valence-electron chi connectivity index (χ3n) is 3.50. The quantitative estimate of drug-likeness (QED) is 0.942. The van der Waals surface area contributed by atoms with Crippen molar-refractivity contribution in [2.75, 3.05) is 0 Å². The lowest BCUT2D eigenvalue weighted by molar-refractivity contribution is -0.0490. The van der Waals surface area contributed by atoms with E-state index in [0.717, 1.165) is 6.20 Å². The Morgan fingerprint density at radius 3 is 2.64 bits per heavy atom. The number of para-hydroxylation sites is 1. The highest BCUT2D eigenvalue weighted by Gasteiger charge is 2.40. The summed E-state index contributed by atoms with van der Waals surface area (Å²) < 4.78 is 44.0. The van der Waals surface area contributed by atoms with E-state index in [1.165, 1.54) is 22.8 Å². The van der Waals surface area contributed by atoms with Crippen molar-refractivity contribution in [1.29, 1.82) is 0 Å². The molecule has 0 unspecified atom stereocenters. The number of alkyl halides is 3. The monoisotopic (exact) mass is 313 g/mol. The standard InChI is InChI=1S/C14H10F3NO4/c15-8-4-9(8)18-5-7(13(20)21)12(19)6-2-1-3-10(11(6)18)22-14(16)17/h1-3,5,8-9,14H,4H2,(H,20,21)/t8-,9-/m0/s1. The summed E-state index contributed by atoms with van der Waals surface area (Å²) in [6.07, 6.45) is -0.109. The average molecular weight is 313 g/mol. The average Bonchev–Trinajstić information content (AvgIpc) is 3.16. The number of carbonyl (C=O) groups is 1. The minimum absolute atomic E-state index is 0.0250. The number of hydrogen-bond donors (Lipinski definition) is 1. The number of carboxylic acid groups (broad SMARTS) is 1. The van der Waals surface area contributed by atoms with E-state index in [1.54, 1.807) is 0 Å². The van der Waals surface area contributed by atoms with E-state index in [2.05, 4.69) is 4.74 Å². The fourth-order valence-corrected chi connectivity index (χ4v) is 2.42. The second-order valence-electron chi connectivity index (χ2n) is 4.93. The van der Waals surface area contributed by atoms with Gasteiger partial charge in [-0.2, -0.15) is 8.78 Å². The highest BCUT2D eigenvalue weighted by molar-refractivity contribution is 5.94. The molecule has 1 heterocycles. The van der Waals surface area contributed by atoms with Crippen LogP contribution in [0.3, 0.4) is 0 Å². The van der Waals surface area contributed by atoms with Crippen molar-refractivity contribution in [3.05, 3.63) is 40.2 Å². The molecule has 22 heavy (non-hydrogen) atoms. The molecule has 0 aliphatic heterocycles. The van der Waals surface area contributed by atoms with Crippen LogP contribution in [0.5, 0.6) is 5.75 Å². The normalized spacial score (nSPS) is 20.4. The Hall–Kier alpha value is -2.51. The van der Waals surface area contributed by atoms with Gasteiger partial charge in [-0.1, -0.05) is 6.07 Å². The highest BCUT2D eigenvalue weighted by Crippen LogP contribution is 2.42. The Bertz CT molecular complexity index is 818. The third kappa shape index (κ3) is 2.30. The number of aromatic carboxylic acids is 1. The van der Waals surface area contributed by atoms with Gasteiger partial charge in [0.25, 0.3) is 0 Å². The minimum atomic E-state index is -3.12. The van der Waals surface area contributed by atoms with Gasteiger partial charge in [-0.05, 0) is 12.1 Å². The van der Waals surface area contributed by atoms with Crippen LogP contribution in [0.4, 0.5) is 13.2 Å². The molecule has 1 N–H and O–H groups in total. The summed E-state index contributed by atoms with van der Waals surface area (Å²) in [7, 11) is 0. The zero-order chi connectivity index (χ0) is 16.0. The van der Waals surface area contributed by atoms with Crippen LogP contribution >= 0.6 is 0 Å². The van der Waals surface area contributed by atoms with Crippen molar-refractivity contribution in [2.24, 2.45) is 0 Å². The fraction of sp³-hybridized carbons (Fsp3) is 0.286. The zero-order valence-corrected chi connectivity index (χ0v) is 11.0. The summed E-state index contributed by atoms with van der Waals surface area (Å²) in [5, 5.41) is 8.97. The molecule has 1 fully saturated rings. The Morgan fingerprint density at radius 2 is 2.09 bits per heavy atom. The second kappa shape index (κ2) is 5.04. The largest absolute Gasteiger partial charge is 0.477 e. The molecule has 1 aliphatic rings. The number of carboxylic acids is 1. The van der Waals surface area contributed by atoms with Crippen LogP contribution in [0.25, 0.3) is 10.9 Å². The van der Waals surface area contributed by atoms with E-state index < -0.39 is 35.8 Å². The maximum absolute atomic E-state index is 13.4. The van der Waals surface area contributed by atoms with Crippen molar-refractivity contribution in [2.45, 2.75) is 25.2 Å². The summed E-state index contributed by atoms with van der Waals surface area (Å²) >= 11 is 0. The maximum atomic E-state index is 13.4. The summed E-state index contributed by atoms with van der Waals surface area (Å²) in [6, 6.07) is 3.13. The molecule has 0 radical (unpaired) electrons. The van der Waals surface area contributed by atoms with Crippen LogP contribution in [-0.4, -0.2) is 28.4 Å². The van der Waals surface area contributed by atoms with Crippen molar-refractivity contribution in [1.82, 2.24) is 4.57 Å². The Kier molecular flexibility index (Phi) is 3.31. The van der Waals surface area contributed by atoms with Gasteiger partial charge in [-0.25, -0.2) is 9.18 Å². The first-order valence-corrected chi connectivity index (χ1v) is 6.40. The lowest BCUT2D eigenvalue weighted by Gasteiger charge is -2.15. The minimum Gasteiger partial charge on any atom is -0.477 e. The van der Waals surface area contributed by atoms with Crippen molar-refractivity contribution in [3.8, 4) is 5.75 Å². The molecule has 1 saturated carbocycles. The lowest BCUT2D eigenvalue weighted by atomic mass is 10.1. The van der Waals surface area contributed by atoms with Gasteiger partial charge in [-0.15, -0.1) is 0 Å². The second-order valence-corrected chi connectivity index (χ2v) is 4.93. The van der Waals surface area contributed by atoms with E-state index in [4.69, 9.17) is 5.11 Å². The van der Waals surface area contributed by atoms with Gasteiger partial charge in [0.15, 0.2) is 5.75 Å². The highest BCUT2D eigenvalue weighted by atomic mass is 19.3. The van der Waals surface area contributed by atoms with Crippen LogP contribution < -0.4 is 10.2 Å². The molecule has 1 aromatic carbocycles. The van der Waals surface area contributed by atoms with Crippen molar-refractivity contribution >= 4 is 16.9 Å². The van der Waals surface area contributed by atoms with Gasteiger partial charge in [-0.3, -0.25) is 4.79 Å². The van der Waals surface area contributed by atoms with Crippen LogP contribution in [0, 0.1) is 0 Å². The first-order chi connectivity index (χ1) is 10.4. The number of ether oxygens (including phenoxy) is 1. The van der Waals surface area contributed by atoms with Gasteiger partial charge < -0.3 is 14.4 Å². The van der Waals surface area contributed by atoms with Gasteiger partial charge in [0.05, 0.1) is 16.9 Å². The molecule has 3 rings (SSSR count). The van der Waals surface area contributed by atoms with E-state index in [1.807, 2.05) is 0 Å². The zero-order valence-electron chi connectivity index (χ0n) is 11.0. The molecule has 8 heteroatoms. The molecule has 0 saturated heterocycles. The summed E-state index contributed by atoms with van der Waals surface area (Å²) in [5.41, 5.74) is -1.39. The molecule has 116 valence electrons. The number of fused-ring (bicyclic) bond motifs is 1. The fourth-order valence-electron chi connectivity index (χ4n) is 2.42. The predicted molar refractivity (Wildman–Crippen MR) is 70.3 cm³/mol. The number of nitrogens with zero attached hydrogens (tertiary/aromatic N) is 1. The smallest absolute Gasteiger partial charge is 0.387 e. The molecule has 2 aromatic rings. The number of aromatic nitrogens is 1. The molecule has 0 amide bonds. The lowest BCUT2D eigenvalue weighted by Crippen LogP contribution is -2.19. The topological polar surface area (TPSA) is 68.5 Å². The number of rotatable bonds is 4. The maximum Gasteiger partial charge on any atom is 0.387 e. The van der Waals surface area contributed by atoms with E-state index in [-0.39, 0.29) is 23.1 Å². The van der Waals surface area contributed by atoms with Gasteiger partial charge >= 0.3 is 12.6 Å². The van der Waals surface area contributed by atoms with Crippen molar-refractivity contribution < 1.29 is 27.8 Å². The number of pyridine rings is 1. The predicted octanol–water partition coefficient (Wildman–Crippen LogP) is 2.58. The molecular formula is C14H10F3NO4. The first-order valence-electron chi connectivity index (χ1n) is 6.40. The number of benzene rings is 1. The third-order valence-corrected chi connectivity index (χ3v) is 3.50. The van der Waals surface area contributed by atoms with E-state index in [9.17, 15) is 22.8 Å². The van der Waals surface area contributed by atoms with Crippen LogP contribution in [-0.2, 0) is 0 Å². The molecular weight excluding hydrogens is 303 g/mol. The molecule has 0 spiro atoms. The molecule has 1 aromatic heterocycles. The summed E-state index contributed by atoms with van der Waals surface area (Å²) in [6.45, 7) is -3.12. The van der Waals surface area contributed by atoms with Crippen LogP contribution in [0.2, 0.25) is 0 Å². The van der Waals surface area contributed by atoms with Crippen LogP contribution in [0.1, 0.15) is 22.8 Å². The molecule has 0 bridgehead atoms. The molecule has 5 nitrogen and oxygen atoms in total. The van der Waals surface area contributed by atoms with Gasteiger partial charge in [0.2, 0.25) is 5.43 Å². The SMILES string of the molecule is O=C(O)c1cn([C@H]2C[C@@H]2F)c2c(OC(F)F)cccc2c1=O. The Balaban J connectivity index is 2.34. The van der Waals surface area contributed by atoms with Gasteiger partial charge in [0.1, 0.15) is 11.7 Å². The summed E-state index contributed by atoms with van der Waals surface area (Å²) in [4.78, 5) is 23.3. The molecule has 2 atom stereocenters. The number of hydrogen-bond acceptors (Lipinski definition) is 3. The van der Waals surface area contributed by atoms with E-state index in [0.29, 0.717) is 0 Å². The van der Waals surface area contributed by atoms with Crippen LogP contribution in [0.15, 0.2) is 29.2 Å².